The van der Waals surface area contributed by atoms with Crippen LogP contribution in [0.25, 0.3) is 44.2 Å². The first kappa shape index (κ1) is 30.5. The van der Waals surface area contributed by atoms with Gasteiger partial charge in [0.25, 0.3) is 0 Å². The first-order valence-corrected chi connectivity index (χ1v) is 19.2. The Hall–Kier alpha value is -6.96. The predicted molar refractivity (Wildman–Crippen MR) is 224 cm³/mol. The molecule has 9 aromatic rings. The molecule has 2 aliphatic carbocycles. The van der Waals surface area contributed by atoms with Crippen LogP contribution in [0.15, 0.2) is 206 Å². The van der Waals surface area contributed by atoms with Crippen molar-refractivity contribution in [3.8, 4) is 44.9 Å². The van der Waals surface area contributed by atoms with E-state index in [1.807, 2.05) is 0 Å². The van der Waals surface area contributed by atoms with Crippen LogP contribution in [0.3, 0.4) is 0 Å². The first-order valence-electron chi connectivity index (χ1n) is 19.2. The second-order valence-corrected chi connectivity index (χ2v) is 15.1. The molecule has 9 aromatic carbocycles. The first-order chi connectivity index (χ1) is 27.3. The zero-order valence-corrected chi connectivity index (χ0v) is 30.0. The molecule has 0 fully saturated rings. The Kier molecular flexibility index (Phi) is 6.25. The quantitative estimate of drug-likeness (QED) is 0.178. The summed E-state index contributed by atoms with van der Waals surface area (Å²) in [6.07, 6.45) is 0. The highest BCUT2D eigenvalue weighted by atomic mass is 16.5. The molecule has 0 aromatic heterocycles. The van der Waals surface area contributed by atoms with Crippen LogP contribution in [-0.2, 0) is 10.8 Å². The molecule has 3 aliphatic rings. The molecule has 0 bridgehead atoms. The summed E-state index contributed by atoms with van der Waals surface area (Å²) < 4.78 is 6.73. The van der Waals surface area contributed by atoms with Crippen LogP contribution in [0.4, 0.5) is 0 Å². The Morgan fingerprint density at radius 1 is 0.309 bits per heavy atom. The topological polar surface area (TPSA) is 9.23 Å². The maximum Gasteiger partial charge on any atom is 0.132 e. The molecular weight excluding hydrogens is 665 g/mol. The fourth-order valence-corrected chi connectivity index (χ4v) is 10.5. The number of hydrogen-bond acceptors (Lipinski definition) is 1. The molecule has 0 saturated carbocycles. The summed E-state index contributed by atoms with van der Waals surface area (Å²) in [6, 6.07) is 76.2. The normalized spacial score (nSPS) is 16.4. The van der Waals surface area contributed by atoms with Gasteiger partial charge in [0.05, 0.1) is 10.8 Å². The van der Waals surface area contributed by atoms with E-state index in [-0.39, 0.29) is 0 Å². The minimum Gasteiger partial charge on any atom is -0.457 e. The fourth-order valence-electron chi connectivity index (χ4n) is 10.5. The Labute approximate surface area is 320 Å². The third-order valence-corrected chi connectivity index (χ3v) is 12.6. The smallest absolute Gasteiger partial charge is 0.132 e. The van der Waals surface area contributed by atoms with Crippen molar-refractivity contribution in [1.29, 1.82) is 0 Å². The SMILES string of the molecule is c1ccc(C2(c3ccc(-c4ccc5c(c4)C4(c6ccccc6O5)c5ccccc5-c5ccccc54)cc3)c3ccccc3-c3c2ccc2ccccc32)cc1. The van der Waals surface area contributed by atoms with E-state index in [0.717, 1.165) is 11.5 Å². The molecule has 0 N–H and O–H groups in total. The van der Waals surface area contributed by atoms with Gasteiger partial charge in [0.1, 0.15) is 11.5 Å². The van der Waals surface area contributed by atoms with Gasteiger partial charge in [-0.3, -0.25) is 0 Å². The fraction of sp³-hybridized carbons (Fsp3) is 0.0370. The lowest BCUT2D eigenvalue weighted by Gasteiger charge is -2.39. The van der Waals surface area contributed by atoms with Crippen molar-refractivity contribution >= 4 is 10.8 Å². The monoisotopic (exact) mass is 698 g/mol. The number of benzene rings is 9. The molecule has 1 unspecified atom stereocenters. The van der Waals surface area contributed by atoms with Crippen LogP contribution in [0, 0.1) is 0 Å². The van der Waals surface area contributed by atoms with Gasteiger partial charge in [-0.1, -0.05) is 188 Å². The van der Waals surface area contributed by atoms with E-state index in [0.29, 0.717) is 0 Å². The van der Waals surface area contributed by atoms with E-state index in [9.17, 15) is 0 Å². The molecule has 1 nitrogen and oxygen atoms in total. The summed E-state index contributed by atoms with van der Waals surface area (Å²) >= 11 is 0. The van der Waals surface area contributed by atoms with E-state index >= 15 is 0 Å². The van der Waals surface area contributed by atoms with Crippen LogP contribution in [-0.4, -0.2) is 0 Å². The van der Waals surface area contributed by atoms with Crippen molar-refractivity contribution in [2.75, 3.05) is 0 Å². The average Bonchev–Trinajstić information content (AvgIpc) is 3.73. The molecule has 0 saturated heterocycles. The highest BCUT2D eigenvalue weighted by Gasteiger charge is 2.51. The zero-order chi connectivity index (χ0) is 36.1. The standard InChI is InChI=1S/C54H34O/c1-2-15-38(16-3-1)53(46-23-11-8-20-43(46)52-40-17-5-4-14-36(40)28-32-48(52)53)39-30-26-35(27-31-39)37-29-33-51-49(34-37)54(47-24-12-13-25-50(47)55-51)44-21-9-6-18-41(44)42-19-7-10-22-45(42)54/h1-34H. The molecule has 1 heterocycles. The Morgan fingerprint density at radius 3 is 1.60 bits per heavy atom. The van der Waals surface area contributed by atoms with Gasteiger partial charge in [-0.2, -0.15) is 0 Å². The van der Waals surface area contributed by atoms with Gasteiger partial charge in [-0.25, -0.2) is 0 Å². The van der Waals surface area contributed by atoms with Crippen LogP contribution in [0.2, 0.25) is 0 Å². The molecular formula is C54H34O. The van der Waals surface area contributed by atoms with Crippen molar-refractivity contribution in [3.63, 3.8) is 0 Å². The highest BCUT2D eigenvalue weighted by Crippen LogP contribution is 2.63. The van der Waals surface area contributed by atoms with Crippen molar-refractivity contribution in [2.45, 2.75) is 10.8 Å². The number of hydrogen-bond donors (Lipinski definition) is 0. The van der Waals surface area contributed by atoms with Crippen LogP contribution in [0.5, 0.6) is 11.5 Å². The lowest BCUT2D eigenvalue weighted by atomic mass is 9.65. The molecule has 1 atom stereocenters. The van der Waals surface area contributed by atoms with Gasteiger partial charge in [0.2, 0.25) is 0 Å². The third kappa shape index (κ3) is 3.92. The summed E-state index contributed by atoms with van der Waals surface area (Å²) in [4.78, 5) is 0. The minimum absolute atomic E-state index is 0.468. The Morgan fingerprint density at radius 2 is 0.855 bits per heavy atom. The lowest BCUT2D eigenvalue weighted by molar-refractivity contribution is 0.436. The molecule has 0 amide bonds. The molecule has 12 rings (SSSR count). The van der Waals surface area contributed by atoms with Crippen molar-refractivity contribution in [1.82, 2.24) is 0 Å². The predicted octanol–water partition coefficient (Wildman–Crippen LogP) is 13.3. The van der Waals surface area contributed by atoms with Crippen molar-refractivity contribution < 1.29 is 4.74 Å². The van der Waals surface area contributed by atoms with E-state index in [1.165, 1.54) is 88.7 Å². The largest absolute Gasteiger partial charge is 0.457 e. The van der Waals surface area contributed by atoms with Crippen LogP contribution >= 0.6 is 0 Å². The van der Waals surface area contributed by atoms with Gasteiger partial charge < -0.3 is 4.74 Å². The highest BCUT2D eigenvalue weighted by molar-refractivity contribution is 6.04. The van der Waals surface area contributed by atoms with Gasteiger partial charge in [0.15, 0.2) is 0 Å². The van der Waals surface area contributed by atoms with Crippen molar-refractivity contribution in [2.24, 2.45) is 0 Å². The molecule has 1 heteroatoms. The average molecular weight is 699 g/mol. The summed E-state index contributed by atoms with van der Waals surface area (Å²) in [5, 5.41) is 2.56. The summed E-state index contributed by atoms with van der Waals surface area (Å²) in [6.45, 7) is 0. The molecule has 1 aliphatic heterocycles. The van der Waals surface area contributed by atoms with E-state index in [2.05, 4.69) is 206 Å². The summed E-state index contributed by atoms with van der Waals surface area (Å²) in [7, 11) is 0. The molecule has 55 heavy (non-hydrogen) atoms. The number of fused-ring (bicyclic) bond motifs is 14. The Balaban J connectivity index is 1.07. The van der Waals surface area contributed by atoms with Crippen LogP contribution < -0.4 is 4.74 Å². The van der Waals surface area contributed by atoms with Gasteiger partial charge in [0, 0.05) is 11.1 Å². The zero-order valence-electron chi connectivity index (χ0n) is 30.0. The maximum absolute atomic E-state index is 6.73. The number of ether oxygens (including phenoxy) is 1. The number of para-hydroxylation sites is 1. The maximum atomic E-state index is 6.73. The summed E-state index contributed by atoms with van der Waals surface area (Å²) in [5.41, 5.74) is 16.7. The molecule has 1 spiro atoms. The molecule has 0 radical (unpaired) electrons. The minimum atomic E-state index is -0.495. The van der Waals surface area contributed by atoms with Crippen LogP contribution in [0.1, 0.15) is 44.5 Å². The summed E-state index contributed by atoms with van der Waals surface area (Å²) in [5.74, 6) is 1.81. The van der Waals surface area contributed by atoms with Gasteiger partial charge in [-0.15, -0.1) is 0 Å². The second-order valence-electron chi connectivity index (χ2n) is 15.1. The third-order valence-electron chi connectivity index (χ3n) is 12.6. The van der Waals surface area contributed by atoms with Crippen molar-refractivity contribution in [3.05, 3.63) is 251 Å². The second kappa shape index (κ2) is 11.3. The Bertz CT molecular complexity index is 2960. The van der Waals surface area contributed by atoms with E-state index in [4.69, 9.17) is 4.74 Å². The lowest BCUT2D eigenvalue weighted by Crippen LogP contribution is -2.32. The number of rotatable bonds is 3. The van der Waals surface area contributed by atoms with E-state index < -0.39 is 10.8 Å². The van der Waals surface area contributed by atoms with Gasteiger partial charge in [-0.05, 0) is 95.7 Å². The van der Waals surface area contributed by atoms with Gasteiger partial charge >= 0.3 is 0 Å². The van der Waals surface area contributed by atoms with E-state index in [1.54, 1.807) is 0 Å². The molecule has 256 valence electrons.